The molecule has 1 aromatic carbocycles. The number of aryl methyl sites for hydroxylation is 1. The molecule has 2 atom stereocenters. The van der Waals surface area contributed by atoms with E-state index >= 15 is 0 Å². The molecule has 11 nitrogen and oxygen atoms in total. The van der Waals surface area contributed by atoms with Crippen molar-refractivity contribution in [2.24, 2.45) is 0 Å². The molecule has 0 spiro atoms. The molecule has 0 bridgehead atoms. The predicted molar refractivity (Wildman–Crippen MR) is 155 cm³/mol. The van der Waals surface area contributed by atoms with Gasteiger partial charge in [-0.05, 0) is 49.1 Å². The lowest BCUT2D eigenvalue weighted by molar-refractivity contribution is -0.164. The average molecular weight is 663 g/mol. The third kappa shape index (κ3) is 5.15. The van der Waals surface area contributed by atoms with E-state index in [4.69, 9.17) is 21.7 Å². The smallest absolute Gasteiger partial charge is 0.411 e. The van der Waals surface area contributed by atoms with Crippen LogP contribution in [0.15, 0.2) is 55.0 Å². The molecule has 1 saturated heterocycles. The number of carbonyl (C=O) groups is 2. The molecule has 17 heteroatoms. The summed E-state index contributed by atoms with van der Waals surface area (Å²) in [6.45, 7) is 5.04. The van der Waals surface area contributed by atoms with Gasteiger partial charge in [0.2, 0.25) is 5.96 Å². The maximum Gasteiger partial charge on any atom is 0.411 e. The van der Waals surface area contributed by atoms with Crippen molar-refractivity contribution in [1.29, 1.82) is 5.41 Å². The highest BCUT2D eigenvalue weighted by Crippen LogP contribution is 2.49. The van der Waals surface area contributed by atoms with E-state index in [-0.39, 0.29) is 35.1 Å². The van der Waals surface area contributed by atoms with Gasteiger partial charge in [-0.2, -0.15) is 18.3 Å². The van der Waals surface area contributed by atoms with Crippen molar-refractivity contribution >= 4 is 41.3 Å². The second-order valence-corrected chi connectivity index (χ2v) is 11.3. The SMILES string of the molecule is C=C1C=Cc2c(ccnc2C)N2C(=N)N([C@H](COC(=O)NC3(C(F)(F)F)CC3)c3ccc(Cl)c(-n4ncnc4C(F)F)c3)C(=O)[C@@H]12. The van der Waals surface area contributed by atoms with Gasteiger partial charge in [0, 0.05) is 17.5 Å². The van der Waals surface area contributed by atoms with E-state index in [1.807, 2.05) is 5.32 Å². The van der Waals surface area contributed by atoms with Crippen molar-refractivity contribution in [2.45, 2.75) is 50.0 Å². The van der Waals surface area contributed by atoms with Crippen LogP contribution in [-0.2, 0) is 9.53 Å². The quantitative estimate of drug-likeness (QED) is 0.313. The molecule has 2 amide bonds. The Hall–Kier alpha value is -4.86. The molecule has 1 aliphatic carbocycles. The lowest BCUT2D eigenvalue weighted by Gasteiger charge is -2.29. The highest BCUT2D eigenvalue weighted by molar-refractivity contribution is 6.32. The van der Waals surface area contributed by atoms with Crippen LogP contribution in [0.4, 0.5) is 32.4 Å². The number of pyridine rings is 1. The van der Waals surface area contributed by atoms with Gasteiger partial charge in [0.15, 0.2) is 5.82 Å². The molecule has 46 heavy (non-hydrogen) atoms. The summed E-state index contributed by atoms with van der Waals surface area (Å²) in [7, 11) is 0. The van der Waals surface area contributed by atoms with Crippen molar-refractivity contribution in [2.75, 3.05) is 11.5 Å². The van der Waals surface area contributed by atoms with Crippen molar-refractivity contribution in [1.82, 2.24) is 30.0 Å². The molecule has 240 valence electrons. The minimum Gasteiger partial charge on any atom is -0.447 e. The molecular weight excluding hydrogens is 639 g/mol. The van der Waals surface area contributed by atoms with Gasteiger partial charge >= 0.3 is 12.3 Å². The summed E-state index contributed by atoms with van der Waals surface area (Å²) in [6.07, 6.45) is -4.02. The van der Waals surface area contributed by atoms with Crippen LogP contribution in [0.25, 0.3) is 11.8 Å². The standard InChI is InChI=1S/C29H24ClF5N8O3/c1-14-3-5-17-15(2)37-10-7-19(17)41-22(14)25(44)42(26(41)36)21(12-46-27(45)40-28(8-9-28)29(33,34)35)16-4-6-18(30)20(11-16)43-24(23(31)32)38-13-39-43/h3-7,10-11,13,21-23,36H,1,8-9,12H2,2H3,(H,40,45)/t21-,22-/m1/s1. The number of aromatic nitrogens is 4. The molecule has 2 aliphatic heterocycles. The summed E-state index contributed by atoms with van der Waals surface area (Å²) < 4.78 is 74.0. The molecule has 4 heterocycles. The third-order valence-electron chi connectivity index (χ3n) is 8.10. The molecule has 2 N–H and O–H groups in total. The third-order valence-corrected chi connectivity index (χ3v) is 8.42. The van der Waals surface area contributed by atoms with Gasteiger partial charge in [0.25, 0.3) is 12.3 Å². The number of fused-ring (bicyclic) bond motifs is 3. The van der Waals surface area contributed by atoms with E-state index in [1.165, 1.54) is 29.3 Å². The summed E-state index contributed by atoms with van der Waals surface area (Å²) in [5.74, 6) is -1.74. The van der Waals surface area contributed by atoms with E-state index in [9.17, 15) is 31.5 Å². The van der Waals surface area contributed by atoms with Gasteiger partial charge in [-0.25, -0.2) is 23.2 Å². The van der Waals surface area contributed by atoms with Gasteiger partial charge in [0.05, 0.1) is 22.4 Å². The summed E-state index contributed by atoms with van der Waals surface area (Å²) in [5, 5.41) is 14.8. The number of hydrogen-bond donors (Lipinski definition) is 2. The molecular formula is C29H24ClF5N8O3. The van der Waals surface area contributed by atoms with Crippen molar-refractivity contribution < 1.29 is 36.3 Å². The number of nitrogens with zero attached hydrogens (tertiary/aromatic N) is 6. The lowest BCUT2D eigenvalue weighted by atomic mass is 10.0. The van der Waals surface area contributed by atoms with Crippen LogP contribution in [0.3, 0.4) is 0 Å². The molecule has 2 aromatic heterocycles. The fraction of sp³-hybridized carbons (Fsp3) is 0.310. The number of hydrogen-bond acceptors (Lipinski definition) is 7. The number of carbonyl (C=O) groups excluding carboxylic acids is 2. The number of ether oxygens (including phenoxy) is 1. The highest BCUT2D eigenvalue weighted by atomic mass is 35.5. The second kappa shape index (κ2) is 11.2. The number of benzene rings is 1. The van der Waals surface area contributed by atoms with E-state index < -0.39 is 54.7 Å². The number of rotatable bonds is 7. The Morgan fingerprint density at radius 3 is 2.63 bits per heavy atom. The van der Waals surface area contributed by atoms with Crippen LogP contribution >= 0.6 is 11.6 Å². The fourth-order valence-electron chi connectivity index (χ4n) is 5.52. The first-order valence-corrected chi connectivity index (χ1v) is 14.1. The van der Waals surface area contributed by atoms with Gasteiger partial charge in [-0.1, -0.05) is 36.4 Å². The lowest BCUT2D eigenvalue weighted by Crippen LogP contribution is -2.48. The van der Waals surface area contributed by atoms with E-state index in [1.54, 1.807) is 25.1 Å². The van der Waals surface area contributed by atoms with Crippen LogP contribution in [0.2, 0.25) is 5.02 Å². The Morgan fingerprint density at radius 2 is 1.96 bits per heavy atom. The van der Waals surface area contributed by atoms with Crippen molar-refractivity contribution in [3.8, 4) is 5.69 Å². The van der Waals surface area contributed by atoms with Crippen LogP contribution in [0.1, 0.15) is 48.0 Å². The number of alkyl halides is 5. The number of anilines is 1. The molecule has 3 aliphatic rings. The Kier molecular flexibility index (Phi) is 7.57. The zero-order valence-corrected chi connectivity index (χ0v) is 24.6. The summed E-state index contributed by atoms with van der Waals surface area (Å²) in [5.41, 5.74) is -0.314. The first-order chi connectivity index (χ1) is 21.7. The van der Waals surface area contributed by atoms with E-state index in [0.717, 1.165) is 15.9 Å². The monoisotopic (exact) mass is 662 g/mol. The van der Waals surface area contributed by atoms with Gasteiger partial charge < -0.3 is 10.1 Å². The number of amides is 2. The normalized spacial score (nSPS) is 19.2. The zero-order chi connectivity index (χ0) is 33.1. The maximum absolute atomic E-state index is 14.1. The molecule has 2 fully saturated rings. The molecule has 1 saturated carbocycles. The molecule has 0 unspecified atom stereocenters. The minimum atomic E-state index is -4.71. The largest absolute Gasteiger partial charge is 0.447 e. The number of alkyl carbamates (subject to hydrolysis) is 1. The molecule has 6 rings (SSSR count). The van der Waals surface area contributed by atoms with Crippen molar-refractivity contribution in [3.05, 3.63) is 82.7 Å². The Balaban J connectivity index is 1.41. The molecule has 3 aromatic rings. The van der Waals surface area contributed by atoms with Crippen molar-refractivity contribution in [3.63, 3.8) is 0 Å². The van der Waals surface area contributed by atoms with E-state index in [2.05, 4.69) is 21.6 Å². The van der Waals surface area contributed by atoms with Crippen LogP contribution < -0.4 is 10.2 Å². The predicted octanol–water partition coefficient (Wildman–Crippen LogP) is 5.66. The van der Waals surface area contributed by atoms with Crippen LogP contribution in [0.5, 0.6) is 0 Å². The second-order valence-electron chi connectivity index (χ2n) is 10.9. The zero-order valence-electron chi connectivity index (χ0n) is 23.9. The Morgan fingerprint density at radius 1 is 1.22 bits per heavy atom. The number of halogens is 6. The summed E-state index contributed by atoms with van der Waals surface area (Å²) in [4.78, 5) is 37.1. The van der Waals surface area contributed by atoms with Gasteiger partial charge in [-0.15, -0.1) is 0 Å². The Labute approximate surface area is 262 Å². The minimum absolute atomic E-state index is 0.0263. The number of guanidine groups is 1. The highest BCUT2D eigenvalue weighted by Gasteiger charge is 2.64. The summed E-state index contributed by atoms with van der Waals surface area (Å²) >= 11 is 6.35. The maximum atomic E-state index is 14.1. The first-order valence-electron chi connectivity index (χ1n) is 13.8. The first kappa shape index (κ1) is 31.1. The topological polar surface area (TPSA) is 129 Å². The van der Waals surface area contributed by atoms with Crippen LogP contribution in [0, 0.1) is 12.3 Å². The molecule has 0 radical (unpaired) electrons. The summed E-state index contributed by atoms with van der Waals surface area (Å²) in [6, 6.07) is 3.22. The van der Waals surface area contributed by atoms with E-state index in [0.29, 0.717) is 22.5 Å². The average Bonchev–Trinajstić information content (AvgIpc) is 3.58. The van der Waals surface area contributed by atoms with Gasteiger partial charge in [-0.3, -0.25) is 25.0 Å². The van der Waals surface area contributed by atoms with Gasteiger partial charge in [0.1, 0.15) is 24.5 Å². The Bertz CT molecular complexity index is 1810. The number of nitrogens with one attached hydrogen (secondary N) is 2. The van der Waals surface area contributed by atoms with Crippen LogP contribution in [-0.4, -0.2) is 67.0 Å². The fourth-order valence-corrected chi connectivity index (χ4v) is 5.72.